The summed E-state index contributed by atoms with van der Waals surface area (Å²) in [5.74, 6) is 0. The summed E-state index contributed by atoms with van der Waals surface area (Å²) >= 11 is 3.43. The molecular weight excluding hydrogens is 246 g/mol. The lowest BCUT2D eigenvalue weighted by molar-refractivity contribution is 0.298. The number of hydrogen-bond acceptors (Lipinski definition) is 3. The molecule has 0 bridgehead atoms. The smallest absolute Gasteiger partial charge is 0.0472 e. The highest BCUT2D eigenvalue weighted by atomic mass is 79.9. The van der Waals surface area contributed by atoms with Crippen LogP contribution in [-0.2, 0) is 12.8 Å². The van der Waals surface area contributed by atoms with E-state index in [0.29, 0.717) is 18.5 Å². The number of rotatable bonds is 4. The van der Waals surface area contributed by atoms with E-state index in [1.54, 1.807) is 6.07 Å². The van der Waals surface area contributed by atoms with E-state index in [-0.39, 0.29) is 13.2 Å². The zero-order chi connectivity index (χ0) is 10.6. The minimum Gasteiger partial charge on any atom is -0.398 e. The first kappa shape index (κ1) is 11.5. The predicted octanol–water partition coefficient (Wildman–Crippen LogP) is 1.10. The van der Waals surface area contributed by atoms with E-state index >= 15 is 0 Å². The molecule has 0 radical (unpaired) electrons. The Morgan fingerprint density at radius 2 is 1.79 bits per heavy atom. The van der Waals surface area contributed by atoms with Crippen LogP contribution in [0.1, 0.15) is 11.1 Å². The fourth-order valence-electron chi connectivity index (χ4n) is 1.36. The number of benzene rings is 1. The first-order chi connectivity index (χ1) is 6.70. The number of hydrogen-bond donors (Lipinski definition) is 3. The zero-order valence-corrected chi connectivity index (χ0v) is 9.42. The Labute approximate surface area is 91.7 Å². The molecule has 0 amide bonds. The number of aliphatic hydroxyl groups excluding tert-OH is 2. The first-order valence-corrected chi connectivity index (χ1v) is 5.27. The molecule has 0 aliphatic carbocycles. The number of nitrogens with two attached hydrogens (primary N) is 1. The van der Waals surface area contributed by atoms with Gasteiger partial charge in [-0.2, -0.15) is 0 Å². The fraction of sp³-hybridized carbons (Fsp3) is 0.400. The highest BCUT2D eigenvalue weighted by molar-refractivity contribution is 9.10. The summed E-state index contributed by atoms with van der Waals surface area (Å²) in [5.41, 5.74) is 8.38. The van der Waals surface area contributed by atoms with Crippen molar-refractivity contribution in [2.75, 3.05) is 18.9 Å². The van der Waals surface area contributed by atoms with Crippen molar-refractivity contribution >= 4 is 21.6 Å². The Morgan fingerprint density at radius 3 is 2.36 bits per heavy atom. The normalized spacial score (nSPS) is 10.5. The molecule has 3 nitrogen and oxygen atoms in total. The molecule has 1 aromatic carbocycles. The van der Waals surface area contributed by atoms with Gasteiger partial charge in [-0.1, -0.05) is 22.0 Å². The van der Waals surface area contributed by atoms with E-state index in [1.807, 2.05) is 6.07 Å². The number of anilines is 1. The molecule has 4 N–H and O–H groups in total. The van der Waals surface area contributed by atoms with Crippen molar-refractivity contribution in [3.05, 3.63) is 27.7 Å². The van der Waals surface area contributed by atoms with E-state index in [4.69, 9.17) is 15.9 Å². The van der Waals surface area contributed by atoms with Crippen molar-refractivity contribution in [2.24, 2.45) is 0 Å². The van der Waals surface area contributed by atoms with Crippen molar-refractivity contribution < 1.29 is 10.2 Å². The fourth-order valence-corrected chi connectivity index (χ4v) is 2.12. The van der Waals surface area contributed by atoms with Crippen molar-refractivity contribution in [2.45, 2.75) is 12.8 Å². The first-order valence-electron chi connectivity index (χ1n) is 4.48. The lowest BCUT2D eigenvalue weighted by Gasteiger charge is -2.11. The molecule has 0 saturated carbocycles. The second-order valence-electron chi connectivity index (χ2n) is 3.05. The molecule has 0 atom stereocenters. The predicted molar refractivity (Wildman–Crippen MR) is 60.1 cm³/mol. The molecule has 0 aliphatic heterocycles. The van der Waals surface area contributed by atoms with Gasteiger partial charge in [0.2, 0.25) is 0 Å². The van der Waals surface area contributed by atoms with E-state index in [2.05, 4.69) is 15.9 Å². The van der Waals surface area contributed by atoms with E-state index in [0.717, 1.165) is 15.6 Å². The van der Waals surface area contributed by atoms with E-state index in [9.17, 15) is 0 Å². The van der Waals surface area contributed by atoms with Crippen LogP contribution in [0.4, 0.5) is 5.69 Å². The van der Waals surface area contributed by atoms with Gasteiger partial charge in [0.1, 0.15) is 0 Å². The van der Waals surface area contributed by atoms with Gasteiger partial charge < -0.3 is 15.9 Å². The molecule has 0 aromatic heterocycles. The summed E-state index contributed by atoms with van der Waals surface area (Å²) in [7, 11) is 0. The molecule has 0 saturated heterocycles. The van der Waals surface area contributed by atoms with Crippen molar-refractivity contribution in [3.63, 3.8) is 0 Å². The number of aliphatic hydroxyl groups is 2. The zero-order valence-electron chi connectivity index (χ0n) is 7.83. The van der Waals surface area contributed by atoms with Crippen LogP contribution >= 0.6 is 15.9 Å². The quantitative estimate of drug-likeness (QED) is 0.710. The third kappa shape index (κ3) is 2.47. The van der Waals surface area contributed by atoms with Gasteiger partial charge in [-0.25, -0.2) is 0 Å². The highest BCUT2D eigenvalue weighted by Gasteiger charge is 2.08. The Hall–Kier alpha value is -0.580. The molecule has 0 heterocycles. The lowest BCUT2D eigenvalue weighted by Crippen LogP contribution is -2.02. The molecule has 0 unspecified atom stereocenters. The maximum Gasteiger partial charge on any atom is 0.0472 e. The summed E-state index contributed by atoms with van der Waals surface area (Å²) in [6, 6.07) is 3.69. The van der Waals surface area contributed by atoms with E-state index in [1.165, 1.54) is 0 Å². The highest BCUT2D eigenvalue weighted by Crippen LogP contribution is 2.27. The monoisotopic (exact) mass is 259 g/mol. The second-order valence-corrected chi connectivity index (χ2v) is 3.85. The Balaban J connectivity index is 3.05. The van der Waals surface area contributed by atoms with Gasteiger partial charge in [0.15, 0.2) is 0 Å². The van der Waals surface area contributed by atoms with Gasteiger partial charge >= 0.3 is 0 Å². The standard InChI is InChI=1S/C10H14BrNO2/c11-10-7(3-5-13)1-2-9(12)8(10)4-6-14/h1-2,13-14H,3-6,12H2. The summed E-state index contributed by atoms with van der Waals surface area (Å²) in [4.78, 5) is 0. The average molecular weight is 260 g/mol. The SMILES string of the molecule is Nc1ccc(CCO)c(Br)c1CCO. The van der Waals surface area contributed by atoms with Crippen LogP contribution in [0.5, 0.6) is 0 Å². The van der Waals surface area contributed by atoms with Gasteiger partial charge in [-0.15, -0.1) is 0 Å². The topological polar surface area (TPSA) is 66.5 Å². The van der Waals surface area contributed by atoms with Crippen LogP contribution in [-0.4, -0.2) is 23.4 Å². The van der Waals surface area contributed by atoms with Crippen LogP contribution in [0.2, 0.25) is 0 Å². The van der Waals surface area contributed by atoms with Gasteiger partial charge in [0, 0.05) is 23.4 Å². The average Bonchev–Trinajstić information content (AvgIpc) is 2.17. The lowest BCUT2D eigenvalue weighted by atomic mass is 10.0. The minimum absolute atomic E-state index is 0.0748. The maximum atomic E-state index is 8.86. The molecule has 4 heteroatoms. The summed E-state index contributed by atoms with van der Waals surface area (Å²) in [6.07, 6.45) is 1.13. The minimum atomic E-state index is 0.0748. The van der Waals surface area contributed by atoms with Crippen LogP contribution in [0, 0.1) is 0 Å². The molecule has 1 rings (SSSR count). The van der Waals surface area contributed by atoms with Gasteiger partial charge in [0.05, 0.1) is 0 Å². The van der Waals surface area contributed by atoms with Crippen LogP contribution in [0.3, 0.4) is 0 Å². The number of halogens is 1. The third-order valence-electron chi connectivity index (χ3n) is 2.10. The molecular formula is C10H14BrNO2. The van der Waals surface area contributed by atoms with Crippen LogP contribution in [0.25, 0.3) is 0 Å². The summed E-state index contributed by atoms with van der Waals surface area (Å²) in [6.45, 7) is 0.187. The molecule has 0 aliphatic rings. The Kier molecular flexibility index (Phi) is 4.38. The molecule has 78 valence electrons. The maximum absolute atomic E-state index is 8.86. The largest absolute Gasteiger partial charge is 0.398 e. The van der Waals surface area contributed by atoms with Crippen molar-refractivity contribution in [1.29, 1.82) is 0 Å². The van der Waals surface area contributed by atoms with Gasteiger partial charge in [0.25, 0.3) is 0 Å². The number of nitrogen functional groups attached to an aromatic ring is 1. The Morgan fingerprint density at radius 1 is 1.14 bits per heavy atom. The second kappa shape index (κ2) is 5.34. The Bertz CT molecular complexity index is 315. The molecule has 0 fully saturated rings. The third-order valence-corrected chi connectivity index (χ3v) is 3.09. The van der Waals surface area contributed by atoms with E-state index < -0.39 is 0 Å². The molecule has 0 spiro atoms. The summed E-state index contributed by atoms with van der Waals surface area (Å²) in [5, 5.41) is 17.7. The van der Waals surface area contributed by atoms with Crippen molar-refractivity contribution in [3.8, 4) is 0 Å². The van der Waals surface area contributed by atoms with Crippen molar-refractivity contribution in [1.82, 2.24) is 0 Å². The van der Waals surface area contributed by atoms with Gasteiger partial charge in [-0.3, -0.25) is 0 Å². The van der Waals surface area contributed by atoms with Gasteiger partial charge in [-0.05, 0) is 30.0 Å². The molecule has 14 heavy (non-hydrogen) atoms. The summed E-state index contributed by atoms with van der Waals surface area (Å²) < 4.78 is 0.903. The van der Waals surface area contributed by atoms with Crippen LogP contribution < -0.4 is 5.73 Å². The van der Waals surface area contributed by atoms with Crippen LogP contribution in [0.15, 0.2) is 16.6 Å². The molecule has 1 aromatic rings.